The van der Waals surface area contributed by atoms with E-state index in [4.69, 9.17) is 0 Å². The van der Waals surface area contributed by atoms with Gasteiger partial charge in [-0.05, 0) is 25.0 Å². The van der Waals surface area contributed by atoms with Gasteiger partial charge in [-0.15, -0.1) is 6.58 Å². The Labute approximate surface area is 138 Å². The first-order valence-electron chi connectivity index (χ1n) is 7.68. The topological polar surface area (TPSA) is 49.4 Å². The molecule has 7 heteroatoms. The first kappa shape index (κ1) is 18.0. The number of piperidine rings is 1. The fourth-order valence-electron chi connectivity index (χ4n) is 2.71. The van der Waals surface area contributed by atoms with E-state index in [-0.39, 0.29) is 23.9 Å². The van der Waals surface area contributed by atoms with E-state index < -0.39 is 17.7 Å². The normalized spacial score (nSPS) is 18.1. The van der Waals surface area contributed by atoms with Crippen LogP contribution in [0, 0.1) is 5.92 Å². The van der Waals surface area contributed by atoms with E-state index >= 15 is 0 Å². The summed E-state index contributed by atoms with van der Waals surface area (Å²) in [5.74, 6) is -0.630. The van der Waals surface area contributed by atoms with Gasteiger partial charge in [0.15, 0.2) is 5.78 Å². The number of carbonyl (C=O) groups is 2. The van der Waals surface area contributed by atoms with E-state index in [1.165, 1.54) is 12.1 Å². The standard InChI is InChI=1S/C17H19F3N2O2/c1-2-9-21-16(24)22-10-3-4-13(11-22)15(23)12-5-7-14(8-6-12)17(18,19)20/h2,5-8,13H,1,3-4,9-11H2,(H,21,24)/t13-/m1/s1. The molecule has 1 aromatic carbocycles. The summed E-state index contributed by atoms with van der Waals surface area (Å²) < 4.78 is 37.7. The summed E-state index contributed by atoms with van der Waals surface area (Å²) in [5, 5.41) is 2.66. The number of ketones is 1. The summed E-state index contributed by atoms with van der Waals surface area (Å²) in [6, 6.07) is 3.94. The lowest BCUT2D eigenvalue weighted by Gasteiger charge is -2.32. The lowest BCUT2D eigenvalue weighted by Crippen LogP contribution is -2.47. The number of urea groups is 1. The van der Waals surface area contributed by atoms with E-state index in [9.17, 15) is 22.8 Å². The summed E-state index contributed by atoms with van der Waals surface area (Å²) in [5.41, 5.74) is -0.547. The SMILES string of the molecule is C=CCNC(=O)N1CCC[C@@H](C(=O)c2ccc(C(F)(F)F)cc2)C1. The molecule has 1 aliphatic rings. The van der Waals surface area contributed by atoms with Crippen molar-refractivity contribution in [1.29, 1.82) is 0 Å². The molecule has 2 amide bonds. The number of rotatable bonds is 4. The maximum Gasteiger partial charge on any atom is 0.416 e. The first-order chi connectivity index (χ1) is 11.3. The Balaban J connectivity index is 2.03. The molecule has 0 unspecified atom stereocenters. The van der Waals surface area contributed by atoms with E-state index in [1.807, 2.05) is 0 Å². The molecule has 0 spiro atoms. The third kappa shape index (κ3) is 4.37. The number of hydrogen-bond donors (Lipinski definition) is 1. The Bertz CT molecular complexity index is 611. The van der Waals surface area contributed by atoms with Gasteiger partial charge in [-0.3, -0.25) is 4.79 Å². The molecule has 4 nitrogen and oxygen atoms in total. The van der Waals surface area contributed by atoms with Crippen LogP contribution in [0.15, 0.2) is 36.9 Å². The molecule has 0 saturated carbocycles. The lowest BCUT2D eigenvalue weighted by atomic mass is 9.90. The summed E-state index contributed by atoms with van der Waals surface area (Å²) in [6.07, 6.45) is -1.57. The van der Waals surface area contributed by atoms with E-state index in [1.54, 1.807) is 11.0 Å². The van der Waals surface area contributed by atoms with Crippen LogP contribution in [-0.4, -0.2) is 36.3 Å². The summed E-state index contributed by atoms with van der Waals surface area (Å²) in [6.45, 7) is 4.68. The predicted molar refractivity (Wildman–Crippen MR) is 83.7 cm³/mol. The molecule has 130 valence electrons. The fourth-order valence-corrected chi connectivity index (χ4v) is 2.71. The molecule has 0 aliphatic carbocycles. The molecule has 0 aromatic heterocycles. The van der Waals surface area contributed by atoms with Crippen LogP contribution in [-0.2, 0) is 6.18 Å². The maximum atomic E-state index is 12.6. The van der Waals surface area contributed by atoms with Gasteiger partial charge in [-0.25, -0.2) is 4.79 Å². The quantitative estimate of drug-likeness (QED) is 0.674. The number of Topliss-reactive ketones (excluding diaryl/α,β-unsaturated/α-hetero) is 1. The number of amides is 2. The highest BCUT2D eigenvalue weighted by atomic mass is 19.4. The first-order valence-corrected chi connectivity index (χ1v) is 7.68. The Morgan fingerprint density at radius 2 is 1.96 bits per heavy atom. The number of alkyl halides is 3. The van der Waals surface area contributed by atoms with Gasteiger partial charge in [0.25, 0.3) is 0 Å². The van der Waals surface area contributed by atoms with Crippen LogP contribution < -0.4 is 5.32 Å². The molecular weight excluding hydrogens is 321 g/mol. The third-order valence-electron chi connectivity index (χ3n) is 3.97. The van der Waals surface area contributed by atoms with Gasteiger partial charge in [0.05, 0.1) is 5.56 Å². The highest BCUT2D eigenvalue weighted by Gasteiger charge is 2.32. The largest absolute Gasteiger partial charge is 0.416 e. The molecule has 1 fully saturated rings. The summed E-state index contributed by atoms with van der Waals surface area (Å²) in [7, 11) is 0. The van der Waals surface area contributed by atoms with Crippen molar-refractivity contribution < 1.29 is 22.8 Å². The molecule has 0 bridgehead atoms. The second kappa shape index (κ2) is 7.51. The Kier molecular flexibility index (Phi) is 5.64. The van der Waals surface area contributed by atoms with Crippen LogP contribution in [0.1, 0.15) is 28.8 Å². The van der Waals surface area contributed by atoms with Gasteiger partial charge >= 0.3 is 12.2 Å². The van der Waals surface area contributed by atoms with Crippen molar-refractivity contribution in [2.45, 2.75) is 19.0 Å². The van der Waals surface area contributed by atoms with Crippen LogP contribution in [0.4, 0.5) is 18.0 Å². The molecule has 1 saturated heterocycles. The molecule has 1 aromatic rings. The van der Waals surface area contributed by atoms with Crippen molar-refractivity contribution in [3.63, 3.8) is 0 Å². The van der Waals surface area contributed by atoms with Crippen LogP contribution in [0.5, 0.6) is 0 Å². The summed E-state index contributed by atoms with van der Waals surface area (Å²) in [4.78, 5) is 26.0. The molecular formula is C17H19F3N2O2. The predicted octanol–water partition coefficient (Wildman–Crippen LogP) is 3.50. The number of benzene rings is 1. The van der Waals surface area contributed by atoms with Gasteiger partial charge in [-0.1, -0.05) is 18.2 Å². The van der Waals surface area contributed by atoms with Crippen molar-refractivity contribution >= 4 is 11.8 Å². The van der Waals surface area contributed by atoms with Crippen molar-refractivity contribution in [2.24, 2.45) is 5.92 Å². The van der Waals surface area contributed by atoms with Crippen molar-refractivity contribution in [1.82, 2.24) is 10.2 Å². The number of halogens is 3. The van der Waals surface area contributed by atoms with Crippen LogP contribution in [0.25, 0.3) is 0 Å². The zero-order valence-corrected chi connectivity index (χ0v) is 13.1. The molecule has 1 heterocycles. The van der Waals surface area contributed by atoms with Gasteiger partial charge in [0.1, 0.15) is 0 Å². The number of hydrogen-bond acceptors (Lipinski definition) is 2. The third-order valence-corrected chi connectivity index (χ3v) is 3.97. The van der Waals surface area contributed by atoms with Gasteiger partial charge in [0.2, 0.25) is 0 Å². The highest BCUT2D eigenvalue weighted by Crippen LogP contribution is 2.30. The maximum absolute atomic E-state index is 12.6. The molecule has 1 aliphatic heterocycles. The van der Waals surface area contributed by atoms with Crippen molar-refractivity contribution in [2.75, 3.05) is 19.6 Å². The smallest absolute Gasteiger partial charge is 0.335 e. The minimum atomic E-state index is -4.42. The zero-order chi connectivity index (χ0) is 17.7. The number of likely N-dealkylation sites (tertiary alicyclic amines) is 1. The zero-order valence-electron chi connectivity index (χ0n) is 13.1. The van der Waals surface area contributed by atoms with Crippen LogP contribution >= 0.6 is 0 Å². The average molecular weight is 340 g/mol. The van der Waals surface area contributed by atoms with E-state index in [2.05, 4.69) is 11.9 Å². The van der Waals surface area contributed by atoms with Crippen LogP contribution in [0.2, 0.25) is 0 Å². The van der Waals surface area contributed by atoms with Gasteiger partial charge < -0.3 is 10.2 Å². The molecule has 1 N–H and O–H groups in total. The minimum Gasteiger partial charge on any atom is -0.335 e. The molecule has 1 atom stereocenters. The fraction of sp³-hybridized carbons (Fsp3) is 0.412. The van der Waals surface area contributed by atoms with Gasteiger partial charge in [0, 0.05) is 31.1 Å². The molecule has 2 rings (SSSR count). The molecule has 0 radical (unpaired) electrons. The highest BCUT2D eigenvalue weighted by molar-refractivity contribution is 5.98. The second-order valence-corrected chi connectivity index (χ2v) is 5.70. The van der Waals surface area contributed by atoms with Crippen molar-refractivity contribution in [3.8, 4) is 0 Å². The van der Waals surface area contributed by atoms with Crippen LogP contribution in [0.3, 0.4) is 0 Å². The van der Waals surface area contributed by atoms with Gasteiger partial charge in [-0.2, -0.15) is 13.2 Å². The van der Waals surface area contributed by atoms with Crippen molar-refractivity contribution in [3.05, 3.63) is 48.0 Å². The average Bonchev–Trinajstić information content (AvgIpc) is 2.58. The Hall–Kier alpha value is -2.31. The minimum absolute atomic E-state index is 0.232. The number of carbonyl (C=O) groups excluding carboxylic acids is 2. The van der Waals surface area contributed by atoms with E-state index in [0.717, 1.165) is 12.1 Å². The Morgan fingerprint density at radius 3 is 2.54 bits per heavy atom. The summed E-state index contributed by atoms with van der Waals surface area (Å²) >= 11 is 0. The second-order valence-electron chi connectivity index (χ2n) is 5.70. The number of nitrogens with zero attached hydrogens (tertiary/aromatic N) is 1. The monoisotopic (exact) mass is 340 g/mol. The van der Waals surface area contributed by atoms with E-state index in [0.29, 0.717) is 25.9 Å². The molecule has 24 heavy (non-hydrogen) atoms. The lowest BCUT2D eigenvalue weighted by molar-refractivity contribution is -0.137. The Morgan fingerprint density at radius 1 is 1.29 bits per heavy atom. The number of nitrogens with one attached hydrogen (secondary N) is 1.